The highest BCUT2D eigenvalue weighted by atomic mass is 79.9. The first kappa shape index (κ1) is 10.7. The first-order valence-electron chi connectivity index (χ1n) is 4.51. The van der Waals surface area contributed by atoms with Crippen LogP contribution >= 0.6 is 38.9 Å². The van der Waals surface area contributed by atoms with Crippen molar-refractivity contribution in [2.45, 2.75) is 18.9 Å². The molecule has 1 heterocycles. The Morgan fingerprint density at radius 1 is 1.79 bits per heavy atom. The minimum Gasteiger partial charge on any atom is -0.305 e. The van der Waals surface area contributed by atoms with E-state index in [0.29, 0.717) is 17.6 Å². The van der Waals surface area contributed by atoms with E-state index in [2.05, 4.69) is 33.9 Å². The van der Waals surface area contributed by atoms with Gasteiger partial charge in [-0.25, -0.2) is 0 Å². The molecule has 0 fully saturated rings. The van der Waals surface area contributed by atoms with Crippen molar-refractivity contribution < 1.29 is 0 Å². The van der Waals surface area contributed by atoms with Crippen molar-refractivity contribution in [1.82, 2.24) is 5.32 Å². The van der Waals surface area contributed by atoms with Crippen LogP contribution in [0.25, 0.3) is 0 Å². The summed E-state index contributed by atoms with van der Waals surface area (Å²) < 4.78 is 1.22. The van der Waals surface area contributed by atoms with Gasteiger partial charge in [-0.3, -0.25) is 0 Å². The maximum absolute atomic E-state index is 5.72. The second-order valence-corrected chi connectivity index (χ2v) is 6.47. The van der Waals surface area contributed by atoms with Gasteiger partial charge in [-0.15, -0.1) is 11.3 Å². The van der Waals surface area contributed by atoms with E-state index in [1.807, 2.05) is 11.3 Å². The third-order valence-corrected chi connectivity index (χ3v) is 4.23. The number of hydrogen-bond donors (Lipinski definition) is 1. The summed E-state index contributed by atoms with van der Waals surface area (Å²) in [6.07, 6.45) is 2.36. The minimum atomic E-state index is 0.461. The molecule has 0 bridgehead atoms. The first-order valence-corrected chi connectivity index (χ1v) is 6.50. The van der Waals surface area contributed by atoms with Crippen LogP contribution in [0.3, 0.4) is 0 Å². The fraction of sp³-hybridized carbons (Fsp3) is 0.400. The van der Waals surface area contributed by atoms with E-state index in [0.717, 1.165) is 0 Å². The number of nitrogens with one attached hydrogen (secondary N) is 1. The van der Waals surface area contributed by atoms with Crippen molar-refractivity contribution in [2.24, 2.45) is 0 Å². The van der Waals surface area contributed by atoms with E-state index in [-0.39, 0.29) is 0 Å². The second kappa shape index (κ2) is 4.35. The van der Waals surface area contributed by atoms with Crippen LogP contribution in [-0.2, 0) is 6.42 Å². The van der Waals surface area contributed by atoms with Crippen LogP contribution in [0.4, 0.5) is 0 Å². The molecule has 1 aliphatic carbocycles. The fourth-order valence-corrected chi connectivity index (χ4v) is 3.65. The zero-order valence-corrected chi connectivity index (χ0v) is 10.8. The monoisotopic (exact) mass is 291 g/mol. The van der Waals surface area contributed by atoms with Crippen LogP contribution in [0.15, 0.2) is 21.5 Å². The summed E-state index contributed by atoms with van der Waals surface area (Å²) in [5, 5.41) is 4.08. The van der Waals surface area contributed by atoms with Crippen LogP contribution in [0.5, 0.6) is 0 Å². The highest BCUT2D eigenvalue weighted by Gasteiger charge is 2.24. The summed E-state index contributed by atoms with van der Waals surface area (Å²) in [7, 11) is 0. The van der Waals surface area contributed by atoms with Gasteiger partial charge in [0.1, 0.15) is 0 Å². The normalized spacial score (nSPS) is 19.7. The van der Waals surface area contributed by atoms with E-state index < -0.39 is 0 Å². The quantitative estimate of drug-likeness (QED) is 0.892. The van der Waals surface area contributed by atoms with Gasteiger partial charge in [-0.1, -0.05) is 18.2 Å². The van der Waals surface area contributed by atoms with Gasteiger partial charge in [0, 0.05) is 22.5 Å². The van der Waals surface area contributed by atoms with Crippen LogP contribution in [0.2, 0.25) is 0 Å². The van der Waals surface area contributed by atoms with Gasteiger partial charge >= 0.3 is 0 Å². The Morgan fingerprint density at radius 2 is 2.57 bits per heavy atom. The average molecular weight is 293 g/mol. The molecule has 4 heteroatoms. The lowest BCUT2D eigenvalue weighted by Crippen LogP contribution is -2.20. The molecule has 14 heavy (non-hydrogen) atoms. The molecule has 1 aromatic rings. The third kappa shape index (κ3) is 2.22. The Balaban J connectivity index is 2.06. The molecule has 0 aliphatic heterocycles. The Labute approximate surface area is 101 Å². The van der Waals surface area contributed by atoms with Gasteiger partial charge in [0.05, 0.1) is 3.79 Å². The lowest BCUT2D eigenvalue weighted by molar-refractivity contribution is 0.561. The van der Waals surface area contributed by atoms with Crippen molar-refractivity contribution in [3.63, 3.8) is 0 Å². The lowest BCUT2D eigenvalue weighted by Gasteiger charge is -2.11. The molecule has 0 radical (unpaired) electrons. The van der Waals surface area contributed by atoms with Crippen LogP contribution in [0.1, 0.15) is 22.9 Å². The topological polar surface area (TPSA) is 12.0 Å². The van der Waals surface area contributed by atoms with Gasteiger partial charge in [0.2, 0.25) is 0 Å². The predicted octanol–water partition coefficient (Wildman–Crippen LogP) is 3.84. The standard InChI is InChI=1S/C10H11BrClNS/c1-6(12)5-13-8-2-3-9-7(8)4-10(11)14-9/h4,8,13H,1-3,5H2. The molecule has 1 aromatic heterocycles. The molecular weight excluding hydrogens is 282 g/mol. The molecular formula is C10H11BrClNS. The number of fused-ring (bicyclic) bond motifs is 1. The Kier molecular flexibility index (Phi) is 3.32. The van der Waals surface area contributed by atoms with Crippen molar-refractivity contribution >= 4 is 38.9 Å². The summed E-state index contributed by atoms with van der Waals surface area (Å²) >= 11 is 11.1. The predicted molar refractivity (Wildman–Crippen MR) is 66.1 cm³/mol. The maximum atomic E-state index is 5.72. The summed E-state index contributed by atoms with van der Waals surface area (Å²) in [6, 6.07) is 2.67. The molecule has 76 valence electrons. The van der Waals surface area contributed by atoms with Crippen LogP contribution in [0, 0.1) is 0 Å². The third-order valence-electron chi connectivity index (χ3n) is 2.39. The van der Waals surface area contributed by atoms with E-state index in [1.54, 1.807) is 0 Å². The zero-order chi connectivity index (χ0) is 10.1. The Morgan fingerprint density at radius 3 is 3.29 bits per heavy atom. The largest absolute Gasteiger partial charge is 0.305 e. The Hall–Kier alpha value is 0.170. The maximum Gasteiger partial charge on any atom is 0.0704 e. The summed E-state index contributed by atoms with van der Waals surface area (Å²) in [5.74, 6) is 0. The number of aryl methyl sites for hydroxylation is 1. The molecule has 1 atom stereocenters. The smallest absolute Gasteiger partial charge is 0.0704 e. The lowest BCUT2D eigenvalue weighted by atomic mass is 10.2. The summed E-state index contributed by atoms with van der Waals surface area (Å²) in [4.78, 5) is 1.49. The molecule has 1 nitrogen and oxygen atoms in total. The van der Waals surface area contributed by atoms with Gasteiger partial charge in [0.15, 0.2) is 0 Å². The molecule has 0 spiro atoms. The molecule has 1 aliphatic rings. The first-order chi connectivity index (χ1) is 6.66. The van der Waals surface area contributed by atoms with E-state index >= 15 is 0 Å². The SMILES string of the molecule is C=C(Cl)CNC1CCc2sc(Br)cc21. The van der Waals surface area contributed by atoms with Crippen LogP contribution in [-0.4, -0.2) is 6.54 Å². The van der Waals surface area contributed by atoms with Crippen molar-refractivity contribution in [2.75, 3.05) is 6.54 Å². The number of halogens is 2. The molecule has 1 N–H and O–H groups in total. The number of hydrogen-bond acceptors (Lipinski definition) is 2. The molecule has 0 amide bonds. The van der Waals surface area contributed by atoms with Gasteiger partial charge in [-0.05, 0) is 40.4 Å². The molecule has 0 saturated carbocycles. The fourth-order valence-electron chi connectivity index (χ4n) is 1.78. The highest BCUT2D eigenvalue weighted by molar-refractivity contribution is 9.11. The summed E-state index contributed by atoms with van der Waals surface area (Å²) in [5.41, 5.74) is 1.43. The average Bonchev–Trinajstić information content (AvgIpc) is 2.60. The molecule has 0 saturated heterocycles. The number of thiophene rings is 1. The summed E-state index contributed by atoms with van der Waals surface area (Å²) in [6.45, 7) is 4.37. The van der Waals surface area contributed by atoms with Gasteiger partial charge in [-0.2, -0.15) is 0 Å². The van der Waals surface area contributed by atoms with E-state index in [1.165, 1.54) is 27.1 Å². The van der Waals surface area contributed by atoms with Crippen molar-refractivity contribution in [3.05, 3.63) is 31.9 Å². The van der Waals surface area contributed by atoms with E-state index in [9.17, 15) is 0 Å². The van der Waals surface area contributed by atoms with Gasteiger partial charge < -0.3 is 5.32 Å². The second-order valence-electron chi connectivity index (χ2n) is 3.42. The van der Waals surface area contributed by atoms with Crippen molar-refractivity contribution in [3.8, 4) is 0 Å². The zero-order valence-electron chi connectivity index (χ0n) is 7.65. The minimum absolute atomic E-state index is 0.461. The van der Waals surface area contributed by atoms with E-state index in [4.69, 9.17) is 11.6 Å². The molecule has 0 aromatic carbocycles. The highest BCUT2D eigenvalue weighted by Crippen LogP contribution is 2.39. The van der Waals surface area contributed by atoms with Gasteiger partial charge in [0.25, 0.3) is 0 Å². The molecule has 2 rings (SSSR count). The number of rotatable bonds is 3. The molecule has 1 unspecified atom stereocenters. The Bertz CT molecular complexity index is 361. The van der Waals surface area contributed by atoms with Crippen LogP contribution < -0.4 is 5.32 Å². The van der Waals surface area contributed by atoms with Crippen molar-refractivity contribution in [1.29, 1.82) is 0 Å².